The summed E-state index contributed by atoms with van der Waals surface area (Å²) in [6.45, 7) is 5.52. The molecule has 1 aliphatic heterocycles. The Kier molecular flexibility index (Phi) is 6.33. The number of imide groups is 1. The van der Waals surface area contributed by atoms with Gasteiger partial charge in [-0.3, -0.25) is 14.5 Å². The van der Waals surface area contributed by atoms with Crippen molar-refractivity contribution in [2.24, 2.45) is 5.10 Å². The highest BCUT2D eigenvalue weighted by Gasteiger charge is 2.43. The van der Waals surface area contributed by atoms with Crippen LogP contribution in [0.1, 0.15) is 65.7 Å². The quantitative estimate of drug-likeness (QED) is 0.401. The van der Waals surface area contributed by atoms with Gasteiger partial charge < -0.3 is 5.32 Å². The zero-order valence-corrected chi connectivity index (χ0v) is 15.4. The van der Waals surface area contributed by atoms with Crippen LogP contribution in [-0.4, -0.2) is 40.5 Å². The Hall–Kier alpha value is -2.18. The molecule has 0 aromatic carbocycles. The van der Waals surface area contributed by atoms with E-state index in [0.29, 0.717) is 0 Å². The van der Waals surface area contributed by atoms with E-state index in [4.69, 9.17) is 0 Å². The predicted octanol–water partition coefficient (Wildman–Crippen LogP) is 2.48. The van der Waals surface area contributed by atoms with Gasteiger partial charge >= 0.3 is 6.03 Å². The molecule has 1 aliphatic carbocycles. The van der Waals surface area contributed by atoms with Crippen LogP contribution in [0.15, 0.2) is 16.8 Å². The van der Waals surface area contributed by atoms with Crippen LogP contribution in [0, 0.1) is 0 Å². The van der Waals surface area contributed by atoms with E-state index in [1.807, 2.05) is 0 Å². The average molecular weight is 348 g/mol. The van der Waals surface area contributed by atoms with E-state index in [0.717, 1.165) is 36.3 Å². The smallest absolute Gasteiger partial charge is 0.324 e. The summed E-state index contributed by atoms with van der Waals surface area (Å²) in [5, 5.41) is 6.83. The Morgan fingerprint density at radius 3 is 2.76 bits per heavy atom. The Bertz CT molecular complexity index is 607. The molecule has 0 aromatic rings. The Balaban J connectivity index is 1.80. The highest BCUT2D eigenvalue weighted by molar-refractivity contribution is 6.06. The van der Waals surface area contributed by atoms with E-state index >= 15 is 0 Å². The molecule has 0 unspecified atom stereocenters. The van der Waals surface area contributed by atoms with Crippen molar-refractivity contribution in [1.29, 1.82) is 0 Å². The fourth-order valence-corrected chi connectivity index (χ4v) is 3.02. The number of nitrogens with one attached hydrogen (secondary N) is 2. The first-order chi connectivity index (χ1) is 11.8. The second-order valence-electron chi connectivity index (χ2n) is 7.08. The summed E-state index contributed by atoms with van der Waals surface area (Å²) in [6, 6.07) is -0.453. The molecule has 7 nitrogen and oxygen atoms in total. The van der Waals surface area contributed by atoms with Gasteiger partial charge in [-0.15, -0.1) is 0 Å². The monoisotopic (exact) mass is 348 g/mol. The van der Waals surface area contributed by atoms with Crippen molar-refractivity contribution in [3.63, 3.8) is 0 Å². The SMILES string of the molecule is CCCCCC1=CCC/C1=N/NC(=O)CCN1C(=O)NC(C)(C)C1=O. The van der Waals surface area contributed by atoms with Gasteiger partial charge in [-0.05, 0) is 45.1 Å². The molecule has 0 radical (unpaired) electrons. The summed E-state index contributed by atoms with van der Waals surface area (Å²) in [7, 11) is 0. The van der Waals surface area contributed by atoms with Gasteiger partial charge in [0.25, 0.3) is 5.91 Å². The van der Waals surface area contributed by atoms with E-state index < -0.39 is 11.6 Å². The number of urea groups is 1. The summed E-state index contributed by atoms with van der Waals surface area (Å²) >= 11 is 0. The first-order valence-electron chi connectivity index (χ1n) is 9.04. The molecule has 0 aromatic heterocycles. The van der Waals surface area contributed by atoms with Crippen LogP contribution in [-0.2, 0) is 9.59 Å². The summed E-state index contributed by atoms with van der Waals surface area (Å²) in [5.41, 5.74) is 3.82. The van der Waals surface area contributed by atoms with Crippen LogP contribution in [0.4, 0.5) is 4.79 Å². The highest BCUT2D eigenvalue weighted by atomic mass is 16.2. The molecule has 25 heavy (non-hydrogen) atoms. The standard InChI is InChI=1S/C18H28N4O3/c1-4-5-6-8-13-9-7-10-14(13)20-21-15(23)11-12-22-16(24)18(2,3)19-17(22)25/h9H,4-8,10-12H2,1-3H3,(H,19,25)(H,21,23)/b20-14-. The van der Waals surface area contributed by atoms with Gasteiger partial charge in [0.05, 0.1) is 5.71 Å². The highest BCUT2D eigenvalue weighted by Crippen LogP contribution is 2.21. The molecule has 2 aliphatic rings. The number of hydrazone groups is 1. The summed E-state index contributed by atoms with van der Waals surface area (Å²) in [4.78, 5) is 36.9. The summed E-state index contributed by atoms with van der Waals surface area (Å²) in [6.07, 6.45) is 8.56. The van der Waals surface area contributed by atoms with Crippen LogP contribution in [0.25, 0.3) is 0 Å². The lowest BCUT2D eigenvalue weighted by Crippen LogP contribution is -2.40. The zero-order valence-electron chi connectivity index (χ0n) is 15.4. The van der Waals surface area contributed by atoms with E-state index in [-0.39, 0.29) is 24.8 Å². The third-order valence-electron chi connectivity index (χ3n) is 4.51. The van der Waals surface area contributed by atoms with Gasteiger partial charge in [0.2, 0.25) is 5.91 Å². The average Bonchev–Trinajstić information content (AvgIpc) is 3.07. The van der Waals surface area contributed by atoms with Crippen molar-refractivity contribution in [3.8, 4) is 0 Å². The molecule has 4 amide bonds. The van der Waals surface area contributed by atoms with Crippen molar-refractivity contribution in [2.45, 2.75) is 71.3 Å². The van der Waals surface area contributed by atoms with Crippen LogP contribution >= 0.6 is 0 Å². The maximum Gasteiger partial charge on any atom is 0.325 e. The lowest BCUT2D eigenvalue weighted by Gasteiger charge is -2.15. The molecule has 138 valence electrons. The van der Waals surface area contributed by atoms with Crippen LogP contribution in [0.3, 0.4) is 0 Å². The number of hydrogen-bond donors (Lipinski definition) is 2. The number of carbonyl (C=O) groups excluding carboxylic acids is 3. The second kappa shape index (κ2) is 8.27. The van der Waals surface area contributed by atoms with Crippen molar-refractivity contribution >= 4 is 23.6 Å². The molecule has 7 heteroatoms. The molecule has 2 rings (SSSR count). The second-order valence-corrected chi connectivity index (χ2v) is 7.08. The Morgan fingerprint density at radius 2 is 2.12 bits per heavy atom. The lowest BCUT2D eigenvalue weighted by atomic mass is 10.1. The zero-order chi connectivity index (χ0) is 18.4. The van der Waals surface area contributed by atoms with Gasteiger partial charge in [0.1, 0.15) is 5.54 Å². The number of carbonyl (C=O) groups is 3. The molecule has 2 N–H and O–H groups in total. The maximum atomic E-state index is 12.1. The number of hydrogen-bond acceptors (Lipinski definition) is 4. The molecular formula is C18H28N4O3. The number of nitrogens with zero attached hydrogens (tertiary/aromatic N) is 2. The first-order valence-corrected chi connectivity index (χ1v) is 9.04. The number of amides is 4. The summed E-state index contributed by atoms with van der Waals surface area (Å²) < 4.78 is 0. The van der Waals surface area contributed by atoms with Gasteiger partial charge in [-0.25, -0.2) is 10.2 Å². The van der Waals surface area contributed by atoms with E-state index in [2.05, 4.69) is 28.8 Å². The van der Waals surface area contributed by atoms with Gasteiger partial charge in [0, 0.05) is 13.0 Å². The topological polar surface area (TPSA) is 90.9 Å². The van der Waals surface area contributed by atoms with Crippen molar-refractivity contribution < 1.29 is 14.4 Å². The van der Waals surface area contributed by atoms with Crippen LogP contribution in [0.2, 0.25) is 0 Å². The van der Waals surface area contributed by atoms with E-state index in [1.54, 1.807) is 13.8 Å². The molecule has 0 bridgehead atoms. The van der Waals surface area contributed by atoms with Crippen LogP contribution in [0.5, 0.6) is 0 Å². The largest absolute Gasteiger partial charge is 0.325 e. The van der Waals surface area contributed by atoms with Crippen molar-refractivity contribution in [3.05, 3.63) is 11.6 Å². The number of rotatable bonds is 8. The molecule has 1 fully saturated rings. The van der Waals surface area contributed by atoms with Gasteiger partial charge in [-0.2, -0.15) is 5.10 Å². The van der Waals surface area contributed by atoms with E-state index in [9.17, 15) is 14.4 Å². The first kappa shape index (κ1) is 19.1. The third-order valence-corrected chi connectivity index (χ3v) is 4.51. The lowest BCUT2D eigenvalue weighted by molar-refractivity contribution is -0.130. The molecule has 1 heterocycles. The minimum absolute atomic E-state index is 0.0426. The Morgan fingerprint density at radius 1 is 1.36 bits per heavy atom. The summed E-state index contributed by atoms with van der Waals surface area (Å²) in [5.74, 6) is -0.605. The van der Waals surface area contributed by atoms with Crippen molar-refractivity contribution in [2.75, 3.05) is 6.54 Å². The molecule has 1 saturated heterocycles. The Labute approximate surface area is 148 Å². The minimum atomic E-state index is -0.907. The maximum absolute atomic E-state index is 12.1. The molecule has 0 atom stereocenters. The fourth-order valence-electron chi connectivity index (χ4n) is 3.02. The van der Waals surface area contributed by atoms with Crippen molar-refractivity contribution in [1.82, 2.24) is 15.6 Å². The minimum Gasteiger partial charge on any atom is -0.324 e. The predicted molar refractivity (Wildman–Crippen MR) is 96.0 cm³/mol. The van der Waals surface area contributed by atoms with E-state index in [1.165, 1.54) is 18.4 Å². The number of unbranched alkanes of at least 4 members (excludes halogenated alkanes) is 2. The molecule has 0 spiro atoms. The third kappa shape index (κ3) is 4.90. The number of allylic oxidation sites excluding steroid dienone is 2. The fraction of sp³-hybridized carbons (Fsp3) is 0.667. The normalized spacial score (nSPS) is 20.8. The molecule has 0 saturated carbocycles. The van der Waals surface area contributed by atoms with Gasteiger partial charge in [-0.1, -0.05) is 25.8 Å². The van der Waals surface area contributed by atoms with Crippen LogP contribution < -0.4 is 10.7 Å². The molecular weight excluding hydrogens is 320 g/mol. The van der Waals surface area contributed by atoms with Gasteiger partial charge in [0.15, 0.2) is 0 Å².